The van der Waals surface area contributed by atoms with Crippen LogP contribution in [0.3, 0.4) is 0 Å². The second-order valence-corrected chi connectivity index (χ2v) is 6.75. The van der Waals surface area contributed by atoms with E-state index in [1.165, 1.54) is 12.1 Å². The largest absolute Gasteiger partial charge is 0.400 e. The maximum absolute atomic E-state index is 12.9. The van der Waals surface area contributed by atoms with Gasteiger partial charge in [-0.15, -0.1) is 0 Å². The Bertz CT molecular complexity index is 887. The first-order valence-electron chi connectivity index (χ1n) is 8.72. The van der Waals surface area contributed by atoms with Crippen LogP contribution in [0.5, 0.6) is 0 Å². The first-order chi connectivity index (χ1) is 12.9. The van der Waals surface area contributed by atoms with Crippen molar-refractivity contribution in [2.75, 3.05) is 32.1 Å². The monoisotopic (exact) mass is 366 g/mol. The van der Waals surface area contributed by atoms with E-state index in [2.05, 4.69) is 9.89 Å². The highest BCUT2D eigenvalue weighted by Gasteiger charge is 2.20. The third-order valence-corrected chi connectivity index (χ3v) is 4.43. The van der Waals surface area contributed by atoms with Crippen LogP contribution < -0.4 is 10.6 Å². The molecule has 3 rings (SSSR count). The molecule has 1 heterocycles. The molecule has 1 amide bonds. The number of amides is 1. The molecule has 6 heteroatoms. The van der Waals surface area contributed by atoms with Gasteiger partial charge in [-0.3, -0.25) is 9.79 Å². The standard InChI is InChI=1S/C21H23FN4O/c1-25(2)21(27)16-4-3-5-19(10-16)26-13-17(20(23)14-26)12-24-11-15-6-8-18(22)9-7-15/h3-10,12H,11,13-14,23H2,1-2H3. The van der Waals surface area contributed by atoms with E-state index in [4.69, 9.17) is 5.73 Å². The highest BCUT2D eigenvalue weighted by Crippen LogP contribution is 2.23. The summed E-state index contributed by atoms with van der Waals surface area (Å²) in [6, 6.07) is 13.8. The Kier molecular flexibility index (Phi) is 5.54. The van der Waals surface area contributed by atoms with Gasteiger partial charge in [0.25, 0.3) is 5.91 Å². The fourth-order valence-corrected chi connectivity index (χ4v) is 2.92. The summed E-state index contributed by atoms with van der Waals surface area (Å²) < 4.78 is 12.9. The van der Waals surface area contributed by atoms with Crippen LogP contribution in [-0.2, 0) is 6.54 Å². The second kappa shape index (κ2) is 8.03. The molecule has 2 aromatic rings. The van der Waals surface area contributed by atoms with E-state index in [9.17, 15) is 9.18 Å². The van der Waals surface area contributed by atoms with Gasteiger partial charge in [-0.1, -0.05) is 18.2 Å². The molecule has 0 unspecified atom stereocenters. The van der Waals surface area contributed by atoms with Gasteiger partial charge < -0.3 is 15.5 Å². The number of halogens is 1. The molecule has 2 aromatic carbocycles. The molecule has 0 aromatic heterocycles. The van der Waals surface area contributed by atoms with E-state index in [0.29, 0.717) is 25.2 Å². The van der Waals surface area contributed by atoms with Gasteiger partial charge in [0.2, 0.25) is 0 Å². The van der Waals surface area contributed by atoms with Crippen LogP contribution in [-0.4, -0.2) is 44.2 Å². The van der Waals surface area contributed by atoms with Gasteiger partial charge >= 0.3 is 0 Å². The second-order valence-electron chi connectivity index (χ2n) is 6.75. The highest BCUT2D eigenvalue weighted by molar-refractivity contribution is 5.95. The van der Waals surface area contributed by atoms with Crippen LogP contribution in [0.1, 0.15) is 15.9 Å². The zero-order chi connectivity index (χ0) is 19.4. The predicted molar refractivity (Wildman–Crippen MR) is 106 cm³/mol. The van der Waals surface area contributed by atoms with Crippen LogP contribution in [0.25, 0.3) is 0 Å². The minimum Gasteiger partial charge on any atom is -0.400 e. The number of nitrogens with two attached hydrogens (primary N) is 1. The number of aliphatic imine (C=N–C) groups is 1. The normalized spacial score (nSPS) is 14.3. The van der Waals surface area contributed by atoms with Gasteiger partial charge in [0.1, 0.15) is 5.82 Å². The average Bonchev–Trinajstić information content (AvgIpc) is 3.03. The van der Waals surface area contributed by atoms with E-state index in [1.54, 1.807) is 37.3 Å². The van der Waals surface area contributed by atoms with Crippen molar-refractivity contribution in [2.24, 2.45) is 10.7 Å². The molecule has 0 aliphatic carbocycles. The maximum atomic E-state index is 12.9. The van der Waals surface area contributed by atoms with E-state index in [1.807, 2.05) is 24.3 Å². The van der Waals surface area contributed by atoms with Gasteiger partial charge in [0.15, 0.2) is 0 Å². The maximum Gasteiger partial charge on any atom is 0.253 e. The number of carbonyl (C=O) groups is 1. The molecule has 1 aliphatic heterocycles. The summed E-state index contributed by atoms with van der Waals surface area (Å²) in [5.41, 5.74) is 10.4. The molecule has 2 N–H and O–H groups in total. The Balaban J connectivity index is 1.66. The first kappa shape index (κ1) is 18.6. The zero-order valence-corrected chi connectivity index (χ0v) is 15.5. The highest BCUT2D eigenvalue weighted by atomic mass is 19.1. The van der Waals surface area contributed by atoms with Crippen LogP contribution in [0.15, 0.2) is 64.8 Å². The SMILES string of the molecule is CN(C)C(=O)c1cccc(N2CC(N)=C(C=NCc3ccc(F)cc3)C2)c1. The molecule has 0 fully saturated rings. The summed E-state index contributed by atoms with van der Waals surface area (Å²) in [6.45, 7) is 1.71. The molecule has 0 spiro atoms. The van der Waals surface area contributed by atoms with Crippen molar-refractivity contribution in [3.8, 4) is 0 Å². The molecule has 140 valence electrons. The lowest BCUT2D eigenvalue weighted by Gasteiger charge is -2.19. The van der Waals surface area contributed by atoms with Crippen molar-refractivity contribution in [2.45, 2.75) is 6.54 Å². The zero-order valence-electron chi connectivity index (χ0n) is 15.5. The van der Waals surface area contributed by atoms with Crippen LogP contribution in [0.2, 0.25) is 0 Å². The molecule has 27 heavy (non-hydrogen) atoms. The molecule has 0 bridgehead atoms. The molecule has 0 saturated carbocycles. The first-order valence-corrected chi connectivity index (χ1v) is 8.72. The van der Waals surface area contributed by atoms with Gasteiger partial charge in [0.05, 0.1) is 13.1 Å². The van der Waals surface area contributed by atoms with Crippen molar-refractivity contribution < 1.29 is 9.18 Å². The quantitative estimate of drug-likeness (QED) is 0.828. The third-order valence-electron chi connectivity index (χ3n) is 4.43. The molecular formula is C21H23FN4O. The number of benzene rings is 2. The number of hydrogen-bond acceptors (Lipinski definition) is 4. The number of rotatable bonds is 5. The Morgan fingerprint density at radius 1 is 1.22 bits per heavy atom. The fourth-order valence-electron chi connectivity index (χ4n) is 2.92. The van der Waals surface area contributed by atoms with Crippen molar-refractivity contribution in [3.63, 3.8) is 0 Å². The number of anilines is 1. The molecule has 0 atom stereocenters. The lowest BCUT2D eigenvalue weighted by molar-refractivity contribution is 0.0827. The third kappa shape index (κ3) is 4.53. The Labute approximate surface area is 158 Å². The van der Waals surface area contributed by atoms with Crippen molar-refractivity contribution in [1.82, 2.24) is 4.90 Å². The summed E-state index contributed by atoms with van der Waals surface area (Å²) in [5, 5.41) is 0. The topological polar surface area (TPSA) is 61.9 Å². The summed E-state index contributed by atoms with van der Waals surface area (Å²) in [5.74, 6) is -0.283. The van der Waals surface area contributed by atoms with Crippen LogP contribution in [0.4, 0.5) is 10.1 Å². The summed E-state index contributed by atoms with van der Waals surface area (Å²) in [6.07, 6.45) is 1.79. The Morgan fingerprint density at radius 2 is 1.96 bits per heavy atom. The Hall–Kier alpha value is -3.15. The number of hydrogen-bond donors (Lipinski definition) is 1. The minimum atomic E-state index is -0.254. The number of nitrogens with zero attached hydrogens (tertiary/aromatic N) is 3. The van der Waals surface area contributed by atoms with Crippen molar-refractivity contribution >= 4 is 17.8 Å². The van der Waals surface area contributed by atoms with Gasteiger partial charge in [-0.05, 0) is 35.9 Å². The molecular weight excluding hydrogens is 343 g/mol. The molecule has 0 saturated heterocycles. The number of carbonyl (C=O) groups excluding carboxylic acids is 1. The van der Waals surface area contributed by atoms with Crippen LogP contribution in [0, 0.1) is 5.82 Å². The summed E-state index contributed by atoms with van der Waals surface area (Å²) >= 11 is 0. The van der Waals surface area contributed by atoms with Crippen molar-refractivity contribution in [1.29, 1.82) is 0 Å². The van der Waals surface area contributed by atoms with Crippen LogP contribution >= 0.6 is 0 Å². The summed E-state index contributed by atoms with van der Waals surface area (Å²) in [4.78, 5) is 20.3. The van der Waals surface area contributed by atoms with Gasteiger partial charge in [0, 0.05) is 49.4 Å². The van der Waals surface area contributed by atoms with E-state index >= 15 is 0 Å². The van der Waals surface area contributed by atoms with Crippen molar-refractivity contribution in [3.05, 3.63) is 76.7 Å². The molecule has 1 aliphatic rings. The molecule has 0 radical (unpaired) electrons. The lowest BCUT2D eigenvalue weighted by atomic mass is 10.1. The van der Waals surface area contributed by atoms with Gasteiger partial charge in [-0.25, -0.2) is 4.39 Å². The lowest BCUT2D eigenvalue weighted by Crippen LogP contribution is -2.24. The fraction of sp³-hybridized carbons (Fsp3) is 0.238. The average molecular weight is 366 g/mol. The minimum absolute atomic E-state index is 0.0296. The summed E-state index contributed by atoms with van der Waals surface area (Å²) in [7, 11) is 3.47. The van der Waals surface area contributed by atoms with Gasteiger partial charge in [-0.2, -0.15) is 0 Å². The van der Waals surface area contributed by atoms with E-state index in [-0.39, 0.29) is 11.7 Å². The van der Waals surface area contributed by atoms with E-state index < -0.39 is 0 Å². The van der Waals surface area contributed by atoms with E-state index in [0.717, 1.165) is 22.5 Å². The smallest absolute Gasteiger partial charge is 0.253 e. The predicted octanol–water partition coefficient (Wildman–Crippen LogP) is 2.83. The molecule has 5 nitrogen and oxygen atoms in total. The Morgan fingerprint density at radius 3 is 2.67 bits per heavy atom.